The number of nitrogens with zero attached hydrogens (tertiary/aromatic N) is 1. The van der Waals surface area contributed by atoms with Crippen LogP contribution in [0.2, 0.25) is 0 Å². The second kappa shape index (κ2) is 5.67. The Morgan fingerprint density at radius 3 is 2.79 bits per heavy atom. The van der Waals surface area contributed by atoms with Gasteiger partial charge in [-0.15, -0.1) is 0 Å². The maximum Gasteiger partial charge on any atom is 0.376 e. The highest BCUT2D eigenvalue weighted by atomic mass is 16.5. The fraction of sp³-hybridized carbons (Fsp3) is 0.286. The van der Waals surface area contributed by atoms with E-state index in [0.29, 0.717) is 11.6 Å². The Balaban J connectivity index is 2.45. The van der Waals surface area contributed by atoms with E-state index in [2.05, 4.69) is 9.72 Å². The molecule has 0 atom stereocenters. The summed E-state index contributed by atoms with van der Waals surface area (Å²) in [6, 6.07) is 7.69. The third kappa shape index (κ3) is 2.82. The number of hydrogen-bond acceptors (Lipinski definition) is 5. The largest absolute Gasteiger partial charge is 0.463 e. The molecule has 0 unspecified atom stereocenters. The van der Waals surface area contributed by atoms with Crippen LogP contribution < -0.4 is 0 Å². The van der Waals surface area contributed by atoms with Crippen LogP contribution >= 0.6 is 0 Å². The number of aromatic nitrogens is 1. The van der Waals surface area contributed by atoms with Crippen molar-refractivity contribution in [1.29, 1.82) is 0 Å². The number of carbonyl (C=O) groups is 1. The molecule has 0 aliphatic rings. The predicted molar refractivity (Wildman–Crippen MR) is 68.7 cm³/mol. The highest BCUT2D eigenvalue weighted by Gasteiger charge is 2.21. The molecule has 0 amide bonds. The standard InChI is InChI=1S/C14H15NO4/c1-9-5-4-6-10(7-9)13-15-11(8-17-2)12(19-13)14(16)18-3/h4-7H,8H2,1-3H3. The van der Waals surface area contributed by atoms with Crippen LogP contribution in [-0.4, -0.2) is 25.2 Å². The van der Waals surface area contributed by atoms with E-state index < -0.39 is 5.97 Å². The summed E-state index contributed by atoms with van der Waals surface area (Å²) in [7, 11) is 2.83. The van der Waals surface area contributed by atoms with Crippen LogP contribution in [0.25, 0.3) is 11.5 Å². The van der Waals surface area contributed by atoms with E-state index in [-0.39, 0.29) is 12.4 Å². The van der Waals surface area contributed by atoms with Gasteiger partial charge in [-0.05, 0) is 19.1 Å². The summed E-state index contributed by atoms with van der Waals surface area (Å²) in [5.41, 5.74) is 2.34. The van der Waals surface area contributed by atoms with Crippen molar-refractivity contribution in [3.05, 3.63) is 41.3 Å². The molecular formula is C14H15NO4. The lowest BCUT2D eigenvalue weighted by molar-refractivity contribution is 0.0559. The van der Waals surface area contributed by atoms with E-state index in [4.69, 9.17) is 9.15 Å². The molecule has 5 heteroatoms. The molecule has 19 heavy (non-hydrogen) atoms. The third-order valence-electron chi connectivity index (χ3n) is 2.61. The molecule has 100 valence electrons. The Morgan fingerprint density at radius 2 is 2.16 bits per heavy atom. The quantitative estimate of drug-likeness (QED) is 0.791. The number of aryl methyl sites for hydroxylation is 1. The highest BCUT2D eigenvalue weighted by molar-refractivity contribution is 5.87. The van der Waals surface area contributed by atoms with Crippen LogP contribution in [0.1, 0.15) is 21.8 Å². The van der Waals surface area contributed by atoms with Gasteiger partial charge in [0, 0.05) is 12.7 Å². The van der Waals surface area contributed by atoms with E-state index >= 15 is 0 Å². The monoisotopic (exact) mass is 261 g/mol. The van der Waals surface area contributed by atoms with Gasteiger partial charge in [-0.1, -0.05) is 17.7 Å². The molecule has 0 fully saturated rings. The number of oxazole rings is 1. The van der Waals surface area contributed by atoms with Crippen molar-refractivity contribution in [2.24, 2.45) is 0 Å². The Bertz CT molecular complexity index is 589. The SMILES string of the molecule is COCc1nc(-c2cccc(C)c2)oc1C(=O)OC. The summed E-state index contributed by atoms with van der Waals surface area (Å²) < 4.78 is 15.2. The van der Waals surface area contributed by atoms with Crippen LogP contribution in [0.5, 0.6) is 0 Å². The minimum absolute atomic E-state index is 0.0841. The van der Waals surface area contributed by atoms with Crippen LogP contribution in [0.4, 0.5) is 0 Å². The predicted octanol–water partition coefficient (Wildman–Crippen LogP) is 2.58. The van der Waals surface area contributed by atoms with Gasteiger partial charge in [0.1, 0.15) is 5.69 Å². The van der Waals surface area contributed by atoms with E-state index in [9.17, 15) is 4.79 Å². The van der Waals surface area contributed by atoms with Crippen LogP contribution in [0, 0.1) is 6.92 Å². The van der Waals surface area contributed by atoms with Crippen molar-refractivity contribution in [1.82, 2.24) is 4.98 Å². The minimum atomic E-state index is -0.557. The molecule has 0 spiro atoms. The molecule has 0 saturated carbocycles. The molecule has 0 aliphatic heterocycles. The maximum atomic E-state index is 11.6. The van der Waals surface area contributed by atoms with Gasteiger partial charge >= 0.3 is 5.97 Å². The first-order valence-corrected chi connectivity index (χ1v) is 5.79. The first-order valence-electron chi connectivity index (χ1n) is 5.79. The van der Waals surface area contributed by atoms with Crippen molar-refractivity contribution < 1.29 is 18.7 Å². The molecule has 1 aromatic carbocycles. The summed E-state index contributed by atoms with van der Waals surface area (Å²) in [5.74, 6) is -0.0875. The van der Waals surface area contributed by atoms with Crippen molar-refractivity contribution in [2.75, 3.05) is 14.2 Å². The summed E-state index contributed by atoms with van der Waals surface area (Å²) in [4.78, 5) is 15.9. The fourth-order valence-corrected chi connectivity index (χ4v) is 1.74. The molecule has 0 saturated heterocycles. The van der Waals surface area contributed by atoms with Gasteiger partial charge in [-0.3, -0.25) is 0 Å². The average molecular weight is 261 g/mol. The van der Waals surface area contributed by atoms with Crippen molar-refractivity contribution in [3.63, 3.8) is 0 Å². The smallest absolute Gasteiger partial charge is 0.376 e. The van der Waals surface area contributed by atoms with E-state index in [1.807, 2.05) is 31.2 Å². The minimum Gasteiger partial charge on any atom is -0.463 e. The second-order valence-electron chi connectivity index (χ2n) is 4.09. The molecule has 1 heterocycles. The van der Waals surface area contributed by atoms with Gasteiger partial charge in [0.2, 0.25) is 11.7 Å². The lowest BCUT2D eigenvalue weighted by Crippen LogP contribution is -2.04. The first-order chi connectivity index (χ1) is 9.15. The van der Waals surface area contributed by atoms with E-state index in [1.54, 1.807) is 0 Å². The molecule has 0 N–H and O–H groups in total. The van der Waals surface area contributed by atoms with Crippen molar-refractivity contribution in [3.8, 4) is 11.5 Å². The van der Waals surface area contributed by atoms with Crippen LogP contribution in [0.3, 0.4) is 0 Å². The average Bonchev–Trinajstić information content (AvgIpc) is 2.82. The Morgan fingerprint density at radius 1 is 1.37 bits per heavy atom. The number of carbonyl (C=O) groups excluding carboxylic acids is 1. The van der Waals surface area contributed by atoms with Gasteiger partial charge in [-0.2, -0.15) is 0 Å². The molecule has 0 aliphatic carbocycles. The van der Waals surface area contributed by atoms with Gasteiger partial charge in [0.05, 0.1) is 13.7 Å². The van der Waals surface area contributed by atoms with E-state index in [1.165, 1.54) is 14.2 Å². The maximum absolute atomic E-state index is 11.6. The molecular weight excluding hydrogens is 246 g/mol. The van der Waals surface area contributed by atoms with Gasteiger partial charge in [0.15, 0.2) is 0 Å². The lowest BCUT2D eigenvalue weighted by Gasteiger charge is -1.97. The highest BCUT2D eigenvalue weighted by Crippen LogP contribution is 2.23. The van der Waals surface area contributed by atoms with Crippen LogP contribution in [0.15, 0.2) is 28.7 Å². The first kappa shape index (κ1) is 13.3. The van der Waals surface area contributed by atoms with Gasteiger partial charge < -0.3 is 13.9 Å². The van der Waals surface area contributed by atoms with E-state index in [0.717, 1.165) is 11.1 Å². The molecule has 1 aromatic heterocycles. The number of rotatable bonds is 4. The van der Waals surface area contributed by atoms with Crippen molar-refractivity contribution >= 4 is 5.97 Å². The summed E-state index contributed by atoms with van der Waals surface area (Å²) in [6.45, 7) is 2.17. The molecule has 2 aromatic rings. The molecule has 2 rings (SSSR count). The molecule has 5 nitrogen and oxygen atoms in total. The number of ether oxygens (including phenoxy) is 2. The lowest BCUT2D eigenvalue weighted by atomic mass is 10.1. The Labute approximate surface area is 111 Å². The fourth-order valence-electron chi connectivity index (χ4n) is 1.74. The van der Waals surface area contributed by atoms with Gasteiger partial charge in [-0.25, -0.2) is 9.78 Å². The zero-order valence-corrected chi connectivity index (χ0v) is 11.1. The number of methoxy groups -OCH3 is 2. The topological polar surface area (TPSA) is 61.6 Å². The molecule has 0 radical (unpaired) electrons. The normalized spacial score (nSPS) is 10.5. The van der Waals surface area contributed by atoms with Crippen LogP contribution in [-0.2, 0) is 16.1 Å². The zero-order valence-electron chi connectivity index (χ0n) is 11.1. The Hall–Kier alpha value is -2.14. The summed E-state index contributed by atoms with van der Waals surface area (Å²) >= 11 is 0. The summed E-state index contributed by atoms with van der Waals surface area (Å²) in [6.07, 6.45) is 0. The number of benzene rings is 1. The number of esters is 1. The third-order valence-corrected chi connectivity index (χ3v) is 2.61. The summed E-state index contributed by atoms with van der Waals surface area (Å²) in [5, 5.41) is 0. The van der Waals surface area contributed by atoms with Gasteiger partial charge in [0.25, 0.3) is 0 Å². The van der Waals surface area contributed by atoms with Crippen molar-refractivity contribution in [2.45, 2.75) is 13.5 Å². The second-order valence-corrected chi connectivity index (χ2v) is 4.09. The Kier molecular flexibility index (Phi) is 3.97. The molecule has 0 bridgehead atoms. The number of hydrogen-bond donors (Lipinski definition) is 0. The zero-order chi connectivity index (χ0) is 13.8.